The first-order valence-electron chi connectivity index (χ1n) is 5.88. The van der Waals surface area contributed by atoms with E-state index in [2.05, 4.69) is 10.1 Å². The third-order valence-corrected chi connectivity index (χ3v) is 3.41. The fourth-order valence-corrected chi connectivity index (χ4v) is 2.41. The summed E-state index contributed by atoms with van der Waals surface area (Å²) in [5.41, 5.74) is 0.0889. The Bertz CT molecular complexity index is 710. The molecule has 0 aromatic heterocycles. The summed E-state index contributed by atoms with van der Waals surface area (Å²) >= 11 is 17.5. The van der Waals surface area contributed by atoms with Gasteiger partial charge in [0.15, 0.2) is 5.75 Å². The van der Waals surface area contributed by atoms with E-state index in [-0.39, 0.29) is 15.6 Å². The predicted octanol–water partition coefficient (Wildman–Crippen LogP) is 5.50. The van der Waals surface area contributed by atoms with Crippen molar-refractivity contribution in [2.24, 2.45) is 0 Å². The molecule has 2 rings (SSSR count). The standard InChI is InChI=1S/C14H8Cl3F2NO2/c15-7-5-8(12(10(17)6-7)22-14(18)19)13(21)20-11-4-2-1-3-9(11)16/h1-6,14H,(H,20,21). The maximum atomic E-state index is 12.5. The van der Waals surface area contributed by atoms with E-state index in [0.29, 0.717) is 10.7 Å². The predicted molar refractivity (Wildman–Crippen MR) is 82.5 cm³/mol. The highest BCUT2D eigenvalue weighted by molar-refractivity contribution is 6.37. The molecule has 8 heteroatoms. The van der Waals surface area contributed by atoms with Gasteiger partial charge in [0.2, 0.25) is 0 Å². The van der Waals surface area contributed by atoms with Crippen molar-refractivity contribution in [3.8, 4) is 5.75 Å². The van der Waals surface area contributed by atoms with Gasteiger partial charge in [0, 0.05) is 5.02 Å². The van der Waals surface area contributed by atoms with Gasteiger partial charge in [-0.1, -0.05) is 46.9 Å². The van der Waals surface area contributed by atoms with E-state index < -0.39 is 18.3 Å². The summed E-state index contributed by atoms with van der Waals surface area (Å²) in [6, 6.07) is 8.84. The van der Waals surface area contributed by atoms with Crippen molar-refractivity contribution >= 4 is 46.4 Å². The Hall–Kier alpha value is -1.56. The highest BCUT2D eigenvalue weighted by Crippen LogP contribution is 2.34. The molecule has 0 fully saturated rings. The zero-order valence-corrected chi connectivity index (χ0v) is 13.0. The Morgan fingerprint density at radius 2 is 1.77 bits per heavy atom. The smallest absolute Gasteiger partial charge is 0.387 e. The van der Waals surface area contributed by atoms with Gasteiger partial charge >= 0.3 is 6.61 Å². The quantitative estimate of drug-likeness (QED) is 0.776. The molecule has 2 aromatic carbocycles. The first kappa shape index (κ1) is 16.8. The molecular weight excluding hydrogens is 359 g/mol. The number of rotatable bonds is 4. The Morgan fingerprint density at radius 3 is 2.41 bits per heavy atom. The van der Waals surface area contributed by atoms with Gasteiger partial charge < -0.3 is 10.1 Å². The molecule has 0 unspecified atom stereocenters. The van der Waals surface area contributed by atoms with Crippen molar-refractivity contribution in [2.45, 2.75) is 6.61 Å². The topological polar surface area (TPSA) is 38.3 Å². The summed E-state index contributed by atoms with van der Waals surface area (Å²) in [7, 11) is 0. The van der Waals surface area contributed by atoms with Gasteiger partial charge in [0.25, 0.3) is 5.91 Å². The molecule has 22 heavy (non-hydrogen) atoms. The summed E-state index contributed by atoms with van der Waals surface area (Å²) in [6.45, 7) is -3.13. The van der Waals surface area contributed by atoms with Crippen molar-refractivity contribution in [3.63, 3.8) is 0 Å². The Kier molecular flexibility index (Phi) is 5.45. The maximum Gasteiger partial charge on any atom is 0.387 e. The summed E-state index contributed by atoms with van der Waals surface area (Å²) in [5, 5.41) is 2.68. The van der Waals surface area contributed by atoms with E-state index in [0.717, 1.165) is 0 Å². The van der Waals surface area contributed by atoms with Crippen molar-refractivity contribution < 1.29 is 18.3 Å². The Labute approximate surface area is 139 Å². The summed E-state index contributed by atoms with van der Waals surface area (Å²) in [5.74, 6) is -1.18. The molecule has 0 aliphatic heterocycles. The third kappa shape index (κ3) is 4.00. The zero-order valence-electron chi connectivity index (χ0n) is 10.7. The first-order valence-corrected chi connectivity index (χ1v) is 7.01. The maximum absolute atomic E-state index is 12.5. The molecule has 0 atom stereocenters. The minimum Gasteiger partial charge on any atom is -0.432 e. The van der Waals surface area contributed by atoms with Crippen LogP contribution in [0, 0.1) is 0 Å². The lowest BCUT2D eigenvalue weighted by Gasteiger charge is -2.13. The molecule has 0 heterocycles. The molecule has 0 aliphatic rings. The molecule has 1 amide bonds. The number of carbonyl (C=O) groups is 1. The number of para-hydroxylation sites is 1. The number of nitrogens with one attached hydrogen (secondary N) is 1. The molecule has 0 saturated carbocycles. The van der Waals surface area contributed by atoms with Crippen molar-refractivity contribution in [1.82, 2.24) is 0 Å². The fraction of sp³-hybridized carbons (Fsp3) is 0.0714. The van der Waals surface area contributed by atoms with Crippen molar-refractivity contribution in [1.29, 1.82) is 0 Å². The molecule has 2 aromatic rings. The number of benzene rings is 2. The Morgan fingerprint density at radius 1 is 1.09 bits per heavy atom. The van der Waals surface area contributed by atoms with Gasteiger partial charge in [-0.05, 0) is 24.3 Å². The minimum absolute atomic E-state index is 0.107. The number of hydrogen-bond donors (Lipinski definition) is 1. The average Bonchev–Trinajstić information content (AvgIpc) is 2.43. The number of hydrogen-bond acceptors (Lipinski definition) is 2. The summed E-state index contributed by atoms with van der Waals surface area (Å²) < 4.78 is 29.2. The van der Waals surface area contributed by atoms with Gasteiger partial charge in [-0.25, -0.2) is 0 Å². The van der Waals surface area contributed by atoms with Crippen LogP contribution >= 0.6 is 34.8 Å². The van der Waals surface area contributed by atoms with E-state index in [1.165, 1.54) is 12.1 Å². The second-order valence-corrected chi connectivity index (χ2v) is 5.33. The number of carbonyl (C=O) groups excluding carboxylic acids is 1. The molecule has 0 radical (unpaired) electrons. The monoisotopic (exact) mass is 365 g/mol. The van der Waals surface area contributed by atoms with Gasteiger partial charge in [0.05, 0.1) is 21.3 Å². The van der Waals surface area contributed by atoms with Crippen LogP contribution in [-0.2, 0) is 0 Å². The number of alkyl halides is 2. The number of ether oxygens (including phenoxy) is 1. The molecule has 0 saturated heterocycles. The average molecular weight is 367 g/mol. The van der Waals surface area contributed by atoms with Crippen LogP contribution in [0.15, 0.2) is 36.4 Å². The Balaban J connectivity index is 2.38. The van der Waals surface area contributed by atoms with E-state index in [1.54, 1.807) is 24.3 Å². The van der Waals surface area contributed by atoms with Gasteiger partial charge in [-0.2, -0.15) is 8.78 Å². The van der Waals surface area contributed by atoms with Crippen LogP contribution in [-0.4, -0.2) is 12.5 Å². The van der Waals surface area contributed by atoms with Gasteiger partial charge in [-0.3, -0.25) is 4.79 Å². The third-order valence-electron chi connectivity index (χ3n) is 2.58. The number of halogens is 5. The molecule has 1 N–H and O–H groups in total. The lowest BCUT2D eigenvalue weighted by molar-refractivity contribution is -0.0500. The SMILES string of the molecule is O=C(Nc1ccccc1Cl)c1cc(Cl)cc(Cl)c1OC(F)F. The van der Waals surface area contributed by atoms with Crippen LogP contribution < -0.4 is 10.1 Å². The van der Waals surface area contributed by atoms with Crippen LogP contribution in [0.2, 0.25) is 15.1 Å². The van der Waals surface area contributed by atoms with Crippen LogP contribution in [0.5, 0.6) is 5.75 Å². The fourth-order valence-electron chi connectivity index (χ4n) is 1.69. The normalized spacial score (nSPS) is 10.6. The summed E-state index contributed by atoms with van der Waals surface area (Å²) in [6.07, 6.45) is 0. The zero-order chi connectivity index (χ0) is 16.3. The van der Waals surface area contributed by atoms with E-state index in [4.69, 9.17) is 34.8 Å². The minimum atomic E-state index is -3.13. The number of amides is 1. The molecule has 0 aliphatic carbocycles. The molecule has 0 bridgehead atoms. The molecule has 0 spiro atoms. The van der Waals surface area contributed by atoms with Crippen molar-refractivity contribution in [3.05, 3.63) is 57.0 Å². The van der Waals surface area contributed by atoms with Crippen LogP contribution in [0.25, 0.3) is 0 Å². The number of anilines is 1. The van der Waals surface area contributed by atoms with E-state index in [9.17, 15) is 13.6 Å². The van der Waals surface area contributed by atoms with Crippen LogP contribution in [0.4, 0.5) is 14.5 Å². The lowest BCUT2D eigenvalue weighted by atomic mass is 10.1. The lowest BCUT2D eigenvalue weighted by Crippen LogP contribution is -2.15. The van der Waals surface area contributed by atoms with Crippen molar-refractivity contribution in [2.75, 3.05) is 5.32 Å². The molecule has 3 nitrogen and oxygen atoms in total. The highest BCUT2D eigenvalue weighted by Gasteiger charge is 2.21. The first-order chi connectivity index (χ1) is 10.4. The van der Waals surface area contributed by atoms with Gasteiger partial charge in [-0.15, -0.1) is 0 Å². The van der Waals surface area contributed by atoms with E-state index in [1.807, 2.05) is 0 Å². The van der Waals surface area contributed by atoms with Crippen LogP contribution in [0.1, 0.15) is 10.4 Å². The largest absolute Gasteiger partial charge is 0.432 e. The second-order valence-electron chi connectivity index (χ2n) is 4.08. The molecular formula is C14H8Cl3F2NO2. The van der Waals surface area contributed by atoms with Crippen LogP contribution in [0.3, 0.4) is 0 Å². The van der Waals surface area contributed by atoms with E-state index >= 15 is 0 Å². The molecule has 116 valence electrons. The highest BCUT2D eigenvalue weighted by atomic mass is 35.5. The summed E-state index contributed by atoms with van der Waals surface area (Å²) in [4.78, 5) is 12.3. The van der Waals surface area contributed by atoms with Gasteiger partial charge in [0.1, 0.15) is 0 Å². The second kappa shape index (κ2) is 7.13.